The summed E-state index contributed by atoms with van der Waals surface area (Å²) in [7, 11) is 0. The summed E-state index contributed by atoms with van der Waals surface area (Å²) in [6.07, 6.45) is 0. The lowest BCUT2D eigenvalue weighted by atomic mass is 9.95. The first-order chi connectivity index (χ1) is 24.8. The van der Waals surface area contributed by atoms with E-state index in [1.165, 1.54) is 44.1 Å². The number of benzene rings is 7. The average molecular weight is 638 g/mol. The fourth-order valence-electron chi connectivity index (χ4n) is 7.69. The molecule has 0 radical (unpaired) electrons. The number of anilines is 3. The van der Waals surface area contributed by atoms with Crippen LogP contribution in [0.4, 0.5) is 17.1 Å². The van der Waals surface area contributed by atoms with Crippen molar-refractivity contribution < 1.29 is 0 Å². The molecule has 0 amide bonds. The molecule has 50 heavy (non-hydrogen) atoms. The maximum Gasteiger partial charge on any atom is 0.0730 e. The number of nitrogens with zero attached hydrogens (tertiary/aromatic N) is 3. The van der Waals surface area contributed by atoms with Gasteiger partial charge in [0.1, 0.15) is 0 Å². The van der Waals surface area contributed by atoms with E-state index in [1.807, 2.05) is 0 Å². The predicted molar refractivity (Wildman–Crippen MR) is 209 cm³/mol. The highest BCUT2D eigenvalue weighted by molar-refractivity contribution is 6.10. The van der Waals surface area contributed by atoms with E-state index in [4.69, 9.17) is 4.98 Å². The number of fused-ring (bicyclic) bond motifs is 8. The van der Waals surface area contributed by atoms with Crippen LogP contribution in [0.15, 0.2) is 188 Å². The van der Waals surface area contributed by atoms with Gasteiger partial charge in [-0.05, 0) is 65.7 Å². The molecule has 3 nitrogen and oxygen atoms in total. The second-order valence-electron chi connectivity index (χ2n) is 12.8. The highest BCUT2D eigenvalue weighted by atomic mass is 15.2. The third-order valence-electron chi connectivity index (χ3n) is 9.92. The van der Waals surface area contributed by atoms with E-state index in [0.29, 0.717) is 0 Å². The SMILES string of the molecule is c1ccc(-c2cc(N3c4ccccc4-c4ccccc4-c4ccccc43)cc(-c3ccc4c(c3)c3ccccc3n4-c3ccccc3)n2)cc1. The molecule has 0 saturated carbocycles. The van der Waals surface area contributed by atoms with E-state index < -0.39 is 0 Å². The van der Waals surface area contributed by atoms with Crippen molar-refractivity contribution in [2.75, 3.05) is 4.90 Å². The van der Waals surface area contributed by atoms with Gasteiger partial charge >= 0.3 is 0 Å². The van der Waals surface area contributed by atoms with Crippen LogP contribution in [-0.2, 0) is 0 Å². The molecule has 0 saturated heterocycles. The largest absolute Gasteiger partial charge is 0.309 e. The number of pyridine rings is 1. The first-order valence-corrected chi connectivity index (χ1v) is 17.1. The van der Waals surface area contributed by atoms with Crippen LogP contribution in [0.2, 0.25) is 0 Å². The molecule has 0 aliphatic carbocycles. The Morgan fingerprint density at radius 2 is 0.860 bits per heavy atom. The maximum atomic E-state index is 5.36. The van der Waals surface area contributed by atoms with Crippen LogP contribution in [0.5, 0.6) is 0 Å². The van der Waals surface area contributed by atoms with Crippen molar-refractivity contribution in [3.05, 3.63) is 188 Å². The second-order valence-corrected chi connectivity index (χ2v) is 12.8. The maximum absolute atomic E-state index is 5.36. The molecule has 7 aromatic carbocycles. The summed E-state index contributed by atoms with van der Waals surface area (Å²) in [6.45, 7) is 0. The fraction of sp³-hybridized carbons (Fsp3) is 0. The lowest BCUT2D eigenvalue weighted by molar-refractivity contribution is 1.18. The Morgan fingerprint density at radius 3 is 1.54 bits per heavy atom. The fourth-order valence-corrected chi connectivity index (χ4v) is 7.69. The van der Waals surface area contributed by atoms with Crippen LogP contribution in [0.25, 0.3) is 72.3 Å². The van der Waals surface area contributed by atoms with Crippen LogP contribution in [0, 0.1) is 0 Å². The molecule has 234 valence electrons. The Labute approximate surface area is 291 Å². The minimum Gasteiger partial charge on any atom is -0.309 e. The van der Waals surface area contributed by atoms with Crippen LogP contribution in [0.1, 0.15) is 0 Å². The Hall–Kier alpha value is -6.71. The van der Waals surface area contributed by atoms with E-state index in [-0.39, 0.29) is 0 Å². The van der Waals surface area contributed by atoms with E-state index in [2.05, 4.69) is 198 Å². The van der Waals surface area contributed by atoms with Gasteiger partial charge in [-0.15, -0.1) is 0 Å². The Balaban J connectivity index is 1.23. The molecule has 9 aromatic rings. The third kappa shape index (κ3) is 4.48. The van der Waals surface area contributed by atoms with Crippen molar-refractivity contribution in [1.29, 1.82) is 0 Å². The minimum atomic E-state index is 0.927. The van der Waals surface area contributed by atoms with E-state index in [9.17, 15) is 0 Å². The van der Waals surface area contributed by atoms with Crippen LogP contribution >= 0.6 is 0 Å². The Kier molecular flexibility index (Phi) is 6.49. The van der Waals surface area contributed by atoms with E-state index in [0.717, 1.165) is 45.3 Å². The highest BCUT2D eigenvalue weighted by Gasteiger charge is 2.26. The molecule has 0 bridgehead atoms. The molecule has 1 aliphatic rings. The molecular weight excluding hydrogens is 607 g/mol. The van der Waals surface area contributed by atoms with Gasteiger partial charge in [0.2, 0.25) is 0 Å². The Morgan fingerprint density at radius 1 is 0.340 bits per heavy atom. The average Bonchev–Trinajstić information content (AvgIpc) is 3.46. The van der Waals surface area contributed by atoms with Gasteiger partial charge < -0.3 is 9.47 Å². The van der Waals surface area contributed by atoms with E-state index in [1.54, 1.807) is 0 Å². The summed E-state index contributed by atoms with van der Waals surface area (Å²) in [5.74, 6) is 0. The number of aromatic nitrogens is 2. The summed E-state index contributed by atoms with van der Waals surface area (Å²) in [5.41, 5.74) is 15.7. The van der Waals surface area contributed by atoms with Gasteiger partial charge in [-0.1, -0.05) is 133 Å². The van der Waals surface area contributed by atoms with Crippen molar-refractivity contribution in [1.82, 2.24) is 9.55 Å². The standard InChI is InChI=1S/C47H31N3/c1-3-15-32(16-4-1)42-30-35(50-44-24-12-9-21-38(44)36-19-7-8-20-37(36)39-22-10-13-25-45(39)50)31-43(48-42)33-27-28-47-41(29-33)40-23-11-14-26-46(40)49(47)34-17-5-2-6-18-34/h1-31H. The molecule has 0 spiro atoms. The predicted octanol–water partition coefficient (Wildman–Crippen LogP) is 12.6. The molecule has 0 N–H and O–H groups in total. The molecular formula is C47H31N3. The van der Waals surface area contributed by atoms with Crippen molar-refractivity contribution in [2.24, 2.45) is 0 Å². The zero-order valence-electron chi connectivity index (χ0n) is 27.2. The van der Waals surface area contributed by atoms with Gasteiger partial charge in [-0.25, -0.2) is 4.98 Å². The van der Waals surface area contributed by atoms with Crippen LogP contribution < -0.4 is 4.90 Å². The van der Waals surface area contributed by atoms with Gasteiger partial charge in [0.15, 0.2) is 0 Å². The first-order valence-electron chi connectivity index (χ1n) is 17.1. The third-order valence-corrected chi connectivity index (χ3v) is 9.92. The quantitative estimate of drug-likeness (QED) is 0.191. The summed E-state index contributed by atoms with van der Waals surface area (Å²) in [5, 5.41) is 2.43. The monoisotopic (exact) mass is 637 g/mol. The van der Waals surface area contributed by atoms with Gasteiger partial charge in [-0.2, -0.15) is 0 Å². The molecule has 0 atom stereocenters. The summed E-state index contributed by atoms with van der Waals surface area (Å²) in [6, 6.07) is 67.4. The van der Waals surface area contributed by atoms with Gasteiger partial charge in [-0.3, -0.25) is 0 Å². The molecule has 0 unspecified atom stereocenters. The zero-order valence-corrected chi connectivity index (χ0v) is 27.2. The molecule has 3 heterocycles. The Bertz CT molecular complexity index is 2640. The normalized spacial score (nSPS) is 12.0. The summed E-state index contributed by atoms with van der Waals surface area (Å²) in [4.78, 5) is 7.78. The lowest BCUT2D eigenvalue weighted by Gasteiger charge is -2.28. The van der Waals surface area contributed by atoms with Crippen molar-refractivity contribution in [2.45, 2.75) is 0 Å². The van der Waals surface area contributed by atoms with Crippen molar-refractivity contribution >= 4 is 38.9 Å². The molecule has 0 fully saturated rings. The molecule has 10 rings (SSSR count). The van der Waals surface area contributed by atoms with E-state index >= 15 is 0 Å². The summed E-state index contributed by atoms with van der Waals surface area (Å²) < 4.78 is 2.36. The molecule has 1 aliphatic heterocycles. The first kappa shape index (κ1) is 28.3. The number of rotatable bonds is 4. The number of hydrogen-bond acceptors (Lipinski definition) is 2. The van der Waals surface area contributed by atoms with Crippen molar-refractivity contribution in [3.63, 3.8) is 0 Å². The highest BCUT2D eigenvalue weighted by Crippen LogP contribution is 2.51. The van der Waals surface area contributed by atoms with Gasteiger partial charge in [0, 0.05) is 38.7 Å². The zero-order chi connectivity index (χ0) is 33.0. The van der Waals surface area contributed by atoms with Crippen molar-refractivity contribution in [3.8, 4) is 50.5 Å². The molecule has 3 heteroatoms. The van der Waals surface area contributed by atoms with Gasteiger partial charge in [0.05, 0.1) is 39.5 Å². The minimum absolute atomic E-state index is 0.927. The smallest absolute Gasteiger partial charge is 0.0730 e. The number of para-hydroxylation sites is 4. The topological polar surface area (TPSA) is 21.1 Å². The summed E-state index contributed by atoms with van der Waals surface area (Å²) >= 11 is 0. The van der Waals surface area contributed by atoms with Gasteiger partial charge in [0.25, 0.3) is 0 Å². The second kappa shape index (κ2) is 11.5. The van der Waals surface area contributed by atoms with Crippen LogP contribution in [-0.4, -0.2) is 9.55 Å². The lowest BCUT2D eigenvalue weighted by Crippen LogP contribution is -2.11. The molecule has 2 aromatic heterocycles. The van der Waals surface area contributed by atoms with Crippen LogP contribution in [0.3, 0.4) is 0 Å². The number of hydrogen-bond donors (Lipinski definition) is 0.